The van der Waals surface area contributed by atoms with E-state index in [-0.39, 0.29) is 0 Å². The highest BCUT2D eigenvalue weighted by Gasteiger charge is 2.35. The van der Waals surface area contributed by atoms with Crippen LogP contribution in [0.2, 0.25) is 0 Å². The third-order valence-corrected chi connectivity index (χ3v) is 5.80. The van der Waals surface area contributed by atoms with Crippen molar-refractivity contribution < 1.29 is 0 Å². The molecule has 21 heavy (non-hydrogen) atoms. The van der Waals surface area contributed by atoms with Crippen molar-refractivity contribution in [3.63, 3.8) is 0 Å². The Morgan fingerprint density at radius 2 is 1.71 bits per heavy atom. The Bertz CT molecular complexity index is 265. The Balaban J connectivity index is 1.95. The van der Waals surface area contributed by atoms with Crippen LogP contribution in [0.4, 0.5) is 0 Å². The molecule has 4 unspecified atom stereocenters. The minimum atomic E-state index is 0.790. The van der Waals surface area contributed by atoms with Crippen LogP contribution in [0.3, 0.4) is 0 Å². The average Bonchev–Trinajstić information content (AvgIpc) is 2.48. The van der Waals surface area contributed by atoms with E-state index in [0.29, 0.717) is 0 Å². The average molecular weight is 293 g/mol. The molecule has 1 aliphatic carbocycles. The molecule has 1 rings (SSSR count). The highest BCUT2D eigenvalue weighted by atomic mass is 14.4. The maximum atomic E-state index is 2.48. The fraction of sp³-hybridized carbons (Fsp3) is 0.905. The smallest absolute Gasteiger partial charge is 0.0262 e. The van der Waals surface area contributed by atoms with E-state index >= 15 is 0 Å². The second-order valence-electron chi connectivity index (χ2n) is 7.56. The first-order chi connectivity index (χ1) is 10.2. The maximum Gasteiger partial charge on any atom is -0.0262 e. The summed E-state index contributed by atoms with van der Waals surface area (Å²) in [6.07, 6.45) is 20.5. The van der Waals surface area contributed by atoms with E-state index in [1.807, 2.05) is 0 Å². The van der Waals surface area contributed by atoms with Crippen molar-refractivity contribution in [2.45, 2.75) is 98.3 Å². The van der Waals surface area contributed by atoms with Crippen molar-refractivity contribution in [3.05, 3.63) is 12.2 Å². The lowest BCUT2D eigenvalue weighted by Crippen LogP contribution is -2.33. The van der Waals surface area contributed by atoms with Crippen LogP contribution in [-0.2, 0) is 0 Å². The van der Waals surface area contributed by atoms with Gasteiger partial charge in [0.05, 0.1) is 0 Å². The van der Waals surface area contributed by atoms with Gasteiger partial charge in [0.15, 0.2) is 0 Å². The van der Waals surface area contributed by atoms with Gasteiger partial charge in [0, 0.05) is 0 Å². The predicted octanol–water partition coefficient (Wildman–Crippen LogP) is 7.39. The van der Waals surface area contributed by atoms with E-state index in [9.17, 15) is 0 Å². The standard InChI is InChI=1S/C21H40/c1-5-7-8-9-10-11-14-18(3)15-12-13-16-21-17-20(6-2)19(21)4/h12,15,18-21H,5-11,13-14,16-17H2,1-4H3. The van der Waals surface area contributed by atoms with Crippen molar-refractivity contribution in [2.75, 3.05) is 0 Å². The van der Waals surface area contributed by atoms with Gasteiger partial charge in [0.25, 0.3) is 0 Å². The van der Waals surface area contributed by atoms with Crippen LogP contribution >= 0.6 is 0 Å². The number of hydrogen-bond acceptors (Lipinski definition) is 0. The fourth-order valence-corrected chi connectivity index (χ4v) is 3.91. The highest BCUT2D eigenvalue weighted by Crippen LogP contribution is 2.44. The summed E-state index contributed by atoms with van der Waals surface area (Å²) in [5, 5.41) is 0. The zero-order valence-corrected chi connectivity index (χ0v) is 15.2. The first-order valence-electron chi connectivity index (χ1n) is 9.85. The summed E-state index contributed by atoms with van der Waals surface area (Å²) in [5.74, 6) is 3.83. The van der Waals surface area contributed by atoms with Gasteiger partial charge in [-0.05, 0) is 49.4 Å². The van der Waals surface area contributed by atoms with E-state index in [4.69, 9.17) is 0 Å². The van der Waals surface area contributed by atoms with Crippen molar-refractivity contribution >= 4 is 0 Å². The molecule has 0 aliphatic heterocycles. The van der Waals surface area contributed by atoms with E-state index < -0.39 is 0 Å². The van der Waals surface area contributed by atoms with Crippen LogP contribution in [0.25, 0.3) is 0 Å². The van der Waals surface area contributed by atoms with E-state index in [1.165, 1.54) is 70.6 Å². The van der Waals surface area contributed by atoms with Crippen LogP contribution in [0, 0.1) is 23.7 Å². The van der Waals surface area contributed by atoms with Crippen LogP contribution in [-0.4, -0.2) is 0 Å². The number of hydrogen-bond donors (Lipinski definition) is 0. The molecule has 0 N–H and O–H groups in total. The normalized spacial score (nSPS) is 27.0. The lowest BCUT2D eigenvalue weighted by atomic mass is 9.63. The monoisotopic (exact) mass is 292 g/mol. The molecule has 1 fully saturated rings. The zero-order chi connectivity index (χ0) is 15.5. The second kappa shape index (κ2) is 11.3. The highest BCUT2D eigenvalue weighted by molar-refractivity contribution is 4.90. The summed E-state index contributed by atoms with van der Waals surface area (Å²) in [5.41, 5.74) is 0. The zero-order valence-electron chi connectivity index (χ0n) is 15.2. The molecule has 0 radical (unpaired) electrons. The molecule has 0 aromatic rings. The summed E-state index contributed by atoms with van der Waals surface area (Å²) in [7, 11) is 0. The van der Waals surface area contributed by atoms with Crippen LogP contribution < -0.4 is 0 Å². The maximum absolute atomic E-state index is 2.48. The molecule has 1 aliphatic rings. The second-order valence-corrected chi connectivity index (χ2v) is 7.56. The molecule has 0 amide bonds. The lowest BCUT2D eigenvalue weighted by Gasteiger charge is -2.42. The molecule has 124 valence electrons. The van der Waals surface area contributed by atoms with Gasteiger partial charge < -0.3 is 0 Å². The van der Waals surface area contributed by atoms with Crippen molar-refractivity contribution in [2.24, 2.45) is 23.7 Å². The summed E-state index contributed by atoms with van der Waals surface area (Å²) in [6, 6.07) is 0. The predicted molar refractivity (Wildman–Crippen MR) is 96.6 cm³/mol. The first kappa shape index (κ1) is 18.8. The minimum Gasteiger partial charge on any atom is -0.0883 e. The van der Waals surface area contributed by atoms with Crippen LogP contribution in [0.5, 0.6) is 0 Å². The van der Waals surface area contributed by atoms with E-state index in [2.05, 4.69) is 39.8 Å². The molecule has 0 heterocycles. The summed E-state index contributed by atoms with van der Waals surface area (Å²) >= 11 is 0. The molecule has 0 aromatic heterocycles. The summed E-state index contributed by atoms with van der Waals surface area (Å²) in [4.78, 5) is 0. The molecule has 0 saturated heterocycles. The molecular weight excluding hydrogens is 252 g/mol. The third kappa shape index (κ3) is 7.52. The summed E-state index contributed by atoms with van der Waals surface area (Å²) in [6.45, 7) is 9.50. The van der Waals surface area contributed by atoms with Gasteiger partial charge >= 0.3 is 0 Å². The van der Waals surface area contributed by atoms with Gasteiger partial charge in [-0.2, -0.15) is 0 Å². The molecule has 1 saturated carbocycles. The summed E-state index contributed by atoms with van der Waals surface area (Å²) < 4.78 is 0. The largest absolute Gasteiger partial charge is 0.0883 e. The van der Waals surface area contributed by atoms with Gasteiger partial charge in [-0.1, -0.05) is 84.8 Å². The Hall–Kier alpha value is -0.260. The van der Waals surface area contributed by atoms with Gasteiger partial charge in [0.2, 0.25) is 0 Å². The molecule has 4 atom stereocenters. The number of unbranched alkanes of at least 4 members (excludes halogenated alkanes) is 5. The Labute approximate surface area is 134 Å². The van der Waals surface area contributed by atoms with Crippen LogP contribution in [0.1, 0.15) is 98.3 Å². The SMILES string of the molecule is CCCCCCCCC(C)C=CCCC1CC(CC)C1C. The Morgan fingerprint density at radius 1 is 1.00 bits per heavy atom. The quantitative estimate of drug-likeness (QED) is 0.260. The molecular formula is C21H40. The van der Waals surface area contributed by atoms with Crippen molar-refractivity contribution in [3.8, 4) is 0 Å². The molecule has 0 bridgehead atoms. The van der Waals surface area contributed by atoms with Crippen molar-refractivity contribution in [1.29, 1.82) is 0 Å². The fourth-order valence-electron chi connectivity index (χ4n) is 3.91. The van der Waals surface area contributed by atoms with Gasteiger partial charge in [-0.3, -0.25) is 0 Å². The molecule has 0 spiro atoms. The molecule has 0 nitrogen and oxygen atoms in total. The first-order valence-corrected chi connectivity index (χ1v) is 9.85. The van der Waals surface area contributed by atoms with E-state index in [0.717, 1.165) is 23.7 Å². The Morgan fingerprint density at radius 3 is 2.38 bits per heavy atom. The van der Waals surface area contributed by atoms with Crippen molar-refractivity contribution in [1.82, 2.24) is 0 Å². The molecule has 0 aromatic carbocycles. The van der Waals surface area contributed by atoms with Gasteiger partial charge in [0.1, 0.15) is 0 Å². The Kier molecular flexibility index (Phi) is 10.1. The number of rotatable bonds is 12. The minimum absolute atomic E-state index is 0.790. The number of allylic oxidation sites excluding steroid dienone is 2. The lowest BCUT2D eigenvalue weighted by molar-refractivity contribution is 0.0777. The topological polar surface area (TPSA) is 0 Å². The van der Waals surface area contributed by atoms with Crippen LogP contribution in [0.15, 0.2) is 12.2 Å². The third-order valence-electron chi connectivity index (χ3n) is 5.80. The van der Waals surface area contributed by atoms with Gasteiger partial charge in [-0.25, -0.2) is 0 Å². The van der Waals surface area contributed by atoms with Gasteiger partial charge in [-0.15, -0.1) is 0 Å². The van der Waals surface area contributed by atoms with E-state index in [1.54, 1.807) is 0 Å². The molecule has 0 heteroatoms.